The smallest absolute Gasteiger partial charge is 0.198 e. The molecule has 2 aromatic rings. The number of rotatable bonds is 4. The van der Waals surface area contributed by atoms with Gasteiger partial charge in [-0.1, -0.05) is 13.3 Å². The molecule has 0 aromatic carbocycles. The van der Waals surface area contributed by atoms with E-state index in [1.54, 1.807) is 6.26 Å². The number of hydrazine groups is 1. The fourth-order valence-corrected chi connectivity index (χ4v) is 1.66. The fourth-order valence-electron chi connectivity index (χ4n) is 1.66. The lowest BCUT2D eigenvalue weighted by atomic mass is 10.2. The van der Waals surface area contributed by atoms with E-state index in [2.05, 4.69) is 22.3 Å². The molecule has 0 amide bonds. The number of nitrogens with zero attached hydrogens (tertiary/aromatic N) is 2. The third kappa shape index (κ3) is 2.45. The van der Waals surface area contributed by atoms with Gasteiger partial charge in [-0.3, -0.25) is 0 Å². The van der Waals surface area contributed by atoms with E-state index in [1.807, 2.05) is 19.1 Å². The first-order chi connectivity index (χ1) is 8.24. The first kappa shape index (κ1) is 11.6. The quantitative estimate of drug-likeness (QED) is 0.624. The lowest BCUT2D eigenvalue weighted by Crippen LogP contribution is -2.10. The van der Waals surface area contributed by atoms with Crippen molar-refractivity contribution in [2.45, 2.75) is 26.7 Å². The van der Waals surface area contributed by atoms with Crippen molar-refractivity contribution in [2.24, 2.45) is 5.84 Å². The zero-order valence-corrected chi connectivity index (χ0v) is 10.0. The number of aromatic nitrogens is 2. The predicted octanol–water partition coefficient (Wildman–Crippen LogP) is 2.28. The maximum atomic E-state index is 5.40. The van der Waals surface area contributed by atoms with Crippen LogP contribution in [0.2, 0.25) is 0 Å². The monoisotopic (exact) mass is 232 g/mol. The molecule has 0 aliphatic rings. The lowest BCUT2D eigenvalue weighted by molar-refractivity contribution is 0.575. The van der Waals surface area contributed by atoms with E-state index in [0.717, 1.165) is 24.1 Å². The zero-order chi connectivity index (χ0) is 12.3. The molecule has 0 atom stereocenters. The maximum absolute atomic E-state index is 5.40. The van der Waals surface area contributed by atoms with Gasteiger partial charge in [-0.05, 0) is 25.0 Å². The Morgan fingerprint density at radius 3 is 2.82 bits per heavy atom. The molecule has 0 spiro atoms. The highest BCUT2D eigenvalue weighted by molar-refractivity contribution is 5.55. The third-order valence-electron chi connectivity index (χ3n) is 2.50. The molecule has 0 aliphatic heterocycles. The summed E-state index contributed by atoms with van der Waals surface area (Å²) in [7, 11) is 0. The Morgan fingerprint density at radius 2 is 2.24 bits per heavy atom. The van der Waals surface area contributed by atoms with E-state index >= 15 is 0 Å². The molecule has 5 heteroatoms. The third-order valence-corrected chi connectivity index (χ3v) is 2.50. The molecule has 0 saturated heterocycles. The molecule has 0 radical (unpaired) electrons. The second-order valence-electron chi connectivity index (χ2n) is 3.90. The summed E-state index contributed by atoms with van der Waals surface area (Å²) in [5.74, 6) is 7.28. The van der Waals surface area contributed by atoms with Crippen molar-refractivity contribution in [1.82, 2.24) is 9.97 Å². The normalized spacial score (nSPS) is 10.5. The molecule has 0 unspecified atom stereocenters. The van der Waals surface area contributed by atoms with Gasteiger partial charge in [-0.15, -0.1) is 0 Å². The summed E-state index contributed by atoms with van der Waals surface area (Å²) >= 11 is 0. The highest BCUT2D eigenvalue weighted by Gasteiger charge is 2.11. The van der Waals surface area contributed by atoms with Crippen LogP contribution >= 0.6 is 0 Å². The average Bonchev–Trinajstić information content (AvgIpc) is 2.75. The zero-order valence-electron chi connectivity index (χ0n) is 10.0. The van der Waals surface area contributed by atoms with Crippen LogP contribution in [0.4, 0.5) is 5.82 Å². The molecule has 0 aliphatic carbocycles. The highest BCUT2D eigenvalue weighted by atomic mass is 16.3. The van der Waals surface area contributed by atoms with E-state index in [9.17, 15) is 0 Å². The van der Waals surface area contributed by atoms with E-state index in [0.29, 0.717) is 17.4 Å². The average molecular weight is 232 g/mol. The van der Waals surface area contributed by atoms with E-state index in [4.69, 9.17) is 10.3 Å². The van der Waals surface area contributed by atoms with Crippen molar-refractivity contribution < 1.29 is 4.42 Å². The van der Waals surface area contributed by atoms with Gasteiger partial charge in [0, 0.05) is 11.8 Å². The highest BCUT2D eigenvalue weighted by Crippen LogP contribution is 2.22. The Labute approximate surface area is 100 Å². The molecule has 3 N–H and O–H groups in total. The van der Waals surface area contributed by atoms with Crippen LogP contribution in [0.1, 0.15) is 24.6 Å². The molecule has 0 fully saturated rings. The number of hydrogen-bond donors (Lipinski definition) is 2. The summed E-state index contributed by atoms with van der Waals surface area (Å²) in [5, 5.41) is 0. The molecule has 5 nitrogen and oxygen atoms in total. The van der Waals surface area contributed by atoms with Crippen molar-refractivity contribution in [3.63, 3.8) is 0 Å². The summed E-state index contributed by atoms with van der Waals surface area (Å²) in [4.78, 5) is 8.77. The topological polar surface area (TPSA) is 77.0 Å². The molecule has 90 valence electrons. The van der Waals surface area contributed by atoms with Gasteiger partial charge in [0.05, 0.1) is 6.26 Å². The van der Waals surface area contributed by atoms with E-state index in [-0.39, 0.29) is 0 Å². The minimum atomic E-state index is 0.575. The largest absolute Gasteiger partial charge is 0.461 e. The molecule has 2 aromatic heterocycles. The van der Waals surface area contributed by atoms with Crippen LogP contribution in [0, 0.1) is 6.92 Å². The van der Waals surface area contributed by atoms with Gasteiger partial charge in [0.2, 0.25) is 0 Å². The number of nitrogens with two attached hydrogens (primary N) is 1. The van der Waals surface area contributed by atoms with Crippen molar-refractivity contribution >= 4 is 5.82 Å². The standard InChI is InChI=1S/C12H16N4O/c1-3-4-9-7-10(16-13)15-12(14-9)11-8(2)5-6-17-11/h5-7H,3-4,13H2,1-2H3,(H,14,15,16). The molecule has 17 heavy (non-hydrogen) atoms. The minimum Gasteiger partial charge on any atom is -0.461 e. The van der Waals surface area contributed by atoms with Gasteiger partial charge in [0.1, 0.15) is 5.82 Å². The summed E-state index contributed by atoms with van der Waals surface area (Å²) in [5.41, 5.74) is 4.53. The Hall–Kier alpha value is -1.88. The van der Waals surface area contributed by atoms with Gasteiger partial charge >= 0.3 is 0 Å². The first-order valence-corrected chi connectivity index (χ1v) is 5.63. The summed E-state index contributed by atoms with van der Waals surface area (Å²) < 4.78 is 5.39. The SMILES string of the molecule is CCCc1cc(NN)nc(-c2occc2C)n1. The van der Waals surface area contributed by atoms with Gasteiger partial charge < -0.3 is 9.84 Å². The Morgan fingerprint density at radius 1 is 1.41 bits per heavy atom. The van der Waals surface area contributed by atoms with Crippen molar-refractivity contribution in [3.05, 3.63) is 29.7 Å². The van der Waals surface area contributed by atoms with Crippen LogP contribution < -0.4 is 11.3 Å². The number of aryl methyl sites for hydroxylation is 2. The van der Waals surface area contributed by atoms with Crippen LogP contribution in [0.25, 0.3) is 11.6 Å². The number of nitrogens with one attached hydrogen (secondary N) is 1. The van der Waals surface area contributed by atoms with Crippen LogP contribution in [-0.4, -0.2) is 9.97 Å². The minimum absolute atomic E-state index is 0.575. The second-order valence-corrected chi connectivity index (χ2v) is 3.90. The number of hydrogen-bond acceptors (Lipinski definition) is 5. The van der Waals surface area contributed by atoms with E-state index < -0.39 is 0 Å². The van der Waals surface area contributed by atoms with Gasteiger partial charge in [-0.2, -0.15) is 0 Å². The predicted molar refractivity (Wildman–Crippen MR) is 66.3 cm³/mol. The van der Waals surface area contributed by atoms with E-state index in [1.165, 1.54) is 0 Å². The molecule has 0 saturated carbocycles. The number of furan rings is 1. The number of nitrogen functional groups attached to an aromatic ring is 1. The Balaban J connectivity index is 2.46. The van der Waals surface area contributed by atoms with Crippen LogP contribution in [-0.2, 0) is 6.42 Å². The molecular formula is C12H16N4O. The molecule has 2 rings (SSSR count). The van der Waals surface area contributed by atoms with Gasteiger partial charge in [0.25, 0.3) is 0 Å². The Kier molecular flexibility index (Phi) is 3.39. The summed E-state index contributed by atoms with van der Waals surface area (Å²) in [6.07, 6.45) is 3.55. The fraction of sp³-hybridized carbons (Fsp3) is 0.333. The maximum Gasteiger partial charge on any atom is 0.198 e. The first-order valence-electron chi connectivity index (χ1n) is 5.63. The van der Waals surface area contributed by atoms with Crippen LogP contribution in [0.5, 0.6) is 0 Å². The van der Waals surface area contributed by atoms with Crippen LogP contribution in [0.15, 0.2) is 22.8 Å². The summed E-state index contributed by atoms with van der Waals surface area (Å²) in [6.45, 7) is 4.07. The van der Waals surface area contributed by atoms with Crippen molar-refractivity contribution in [1.29, 1.82) is 0 Å². The lowest BCUT2D eigenvalue weighted by Gasteiger charge is -2.06. The van der Waals surface area contributed by atoms with Crippen molar-refractivity contribution in [3.8, 4) is 11.6 Å². The molecular weight excluding hydrogens is 216 g/mol. The Bertz CT molecular complexity index is 507. The molecule has 2 heterocycles. The second kappa shape index (κ2) is 4.97. The van der Waals surface area contributed by atoms with Gasteiger partial charge in [-0.25, -0.2) is 15.8 Å². The van der Waals surface area contributed by atoms with Gasteiger partial charge in [0.15, 0.2) is 11.6 Å². The summed E-state index contributed by atoms with van der Waals surface area (Å²) in [6, 6.07) is 3.74. The van der Waals surface area contributed by atoms with Crippen molar-refractivity contribution in [2.75, 3.05) is 5.43 Å². The number of anilines is 1. The van der Waals surface area contributed by atoms with Crippen LogP contribution in [0.3, 0.4) is 0 Å². The molecule has 0 bridgehead atoms.